The van der Waals surface area contributed by atoms with Gasteiger partial charge in [0, 0.05) is 17.6 Å². The predicted molar refractivity (Wildman–Crippen MR) is 75.9 cm³/mol. The van der Waals surface area contributed by atoms with Crippen molar-refractivity contribution in [3.63, 3.8) is 0 Å². The third-order valence-corrected chi connectivity index (χ3v) is 3.71. The molecule has 0 saturated heterocycles. The Morgan fingerprint density at radius 1 is 1.11 bits per heavy atom. The average molecular weight is 261 g/mol. The molecule has 4 heteroatoms. The zero-order valence-corrected chi connectivity index (χ0v) is 11.8. The van der Waals surface area contributed by atoms with Crippen LogP contribution in [0.5, 0.6) is 0 Å². The first-order chi connectivity index (χ1) is 8.81. The molecule has 2 rings (SSSR count). The normalized spacial score (nSPS) is 10.8. The van der Waals surface area contributed by atoms with E-state index in [1.54, 1.807) is 0 Å². The van der Waals surface area contributed by atoms with Crippen molar-refractivity contribution >= 4 is 11.8 Å². The van der Waals surface area contributed by atoms with Gasteiger partial charge in [-0.1, -0.05) is 24.3 Å². The van der Waals surface area contributed by atoms with Crippen LogP contribution in [0, 0.1) is 0 Å². The van der Waals surface area contributed by atoms with Gasteiger partial charge < -0.3 is 0 Å². The molecule has 1 aromatic carbocycles. The number of hydrogen-bond donors (Lipinski definition) is 0. The van der Waals surface area contributed by atoms with E-state index in [-0.39, 0.29) is 0 Å². The van der Waals surface area contributed by atoms with Gasteiger partial charge in [-0.25, -0.2) is 0 Å². The van der Waals surface area contributed by atoms with E-state index in [9.17, 15) is 0 Å². The van der Waals surface area contributed by atoms with E-state index in [0.717, 1.165) is 30.8 Å². The summed E-state index contributed by atoms with van der Waals surface area (Å²) in [5, 5.41) is 8.21. The van der Waals surface area contributed by atoms with Crippen molar-refractivity contribution < 1.29 is 0 Å². The van der Waals surface area contributed by atoms with Crippen molar-refractivity contribution in [3.8, 4) is 0 Å². The highest BCUT2D eigenvalue weighted by atomic mass is 32.2. The first-order valence-electron chi connectivity index (χ1n) is 6.42. The molecule has 0 saturated carbocycles. The lowest BCUT2D eigenvalue weighted by molar-refractivity contribution is 0.626. The molecule has 0 spiro atoms. The number of thioether (sulfide) groups is 1. The number of hydrogen-bond acceptors (Lipinski definition) is 3. The minimum atomic E-state index is 0.885. The standard InChI is InChI=1S/C14H19N3S/c1-3-17-11-13(15-16-17)8-5-12-6-9-14(10-7-12)18-4-2/h6-7,9-11H,3-5,8H2,1-2H3. The molecule has 0 aliphatic carbocycles. The van der Waals surface area contributed by atoms with E-state index >= 15 is 0 Å². The molecule has 96 valence electrons. The summed E-state index contributed by atoms with van der Waals surface area (Å²) >= 11 is 1.88. The summed E-state index contributed by atoms with van der Waals surface area (Å²) < 4.78 is 1.87. The van der Waals surface area contributed by atoms with E-state index in [1.165, 1.54) is 10.5 Å². The van der Waals surface area contributed by atoms with Crippen molar-refractivity contribution in [3.05, 3.63) is 41.7 Å². The number of aryl methyl sites for hydroxylation is 3. The smallest absolute Gasteiger partial charge is 0.0830 e. The van der Waals surface area contributed by atoms with Gasteiger partial charge in [-0.2, -0.15) is 0 Å². The average Bonchev–Trinajstić information content (AvgIpc) is 2.86. The Bertz CT molecular complexity index is 476. The number of nitrogens with zero attached hydrogens (tertiary/aromatic N) is 3. The molecule has 1 heterocycles. The molecular weight excluding hydrogens is 242 g/mol. The maximum Gasteiger partial charge on any atom is 0.0830 e. The molecule has 0 radical (unpaired) electrons. The minimum absolute atomic E-state index is 0.885. The summed E-state index contributed by atoms with van der Waals surface area (Å²) in [4.78, 5) is 1.35. The zero-order valence-electron chi connectivity index (χ0n) is 11.0. The fraction of sp³-hybridized carbons (Fsp3) is 0.429. The Balaban J connectivity index is 1.89. The predicted octanol–water partition coefficient (Wildman–Crippen LogP) is 3.20. The fourth-order valence-electron chi connectivity index (χ4n) is 1.80. The molecule has 0 amide bonds. The highest BCUT2D eigenvalue weighted by Gasteiger charge is 2.01. The van der Waals surface area contributed by atoms with Crippen LogP contribution in [0.25, 0.3) is 0 Å². The first-order valence-corrected chi connectivity index (χ1v) is 7.41. The topological polar surface area (TPSA) is 30.7 Å². The monoisotopic (exact) mass is 261 g/mol. The van der Waals surface area contributed by atoms with Gasteiger partial charge in [-0.15, -0.1) is 16.9 Å². The van der Waals surface area contributed by atoms with Crippen LogP contribution in [-0.2, 0) is 19.4 Å². The fourth-order valence-corrected chi connectivity index (χ4v) is 2.46. The van der Waals surface area contributed by atoms with Crippen LogP contribution in [0.4, 0.5) is 0 Å². The molecule has 0 bridgehead atoms. The van der Waals surface area contributed by atoms with Crippen LogP contribution >= 0.6 is 11.8 Å². The molecule has 2 aromatic rings. The lowest BCUT2D eigenvalue weighted by atomic mass is 10.1. The zero-order chi connectivity index (χ0) is 12.8. The van der Waals surface area contributed by atoms with E-state index < -0.39 is 0 Å². The van der Waals surface area contributed by atoms with Crippen LogP contribution in [0.2, 0.25) is 0 Å². The lowest BCUT2D eigenvalue weighted by Crippen LogP contribution is -1.93. The van der Waals surface area contributed by atoms with Crippen molar-refractivity contribution in [2.45, 2.75) is 38.1 Å². The van der Waals surface area contributed by atoms with Crippen LogP contribution in [-0.4, -0.2) is 20.7 Å². The Morgan fingerprint density at radius 2 is 1.89 bits per heavy atom. The second kappa shape index (κ2) is 6.59. The van der Waals surface area contributed by atoms with Crippen LogP contribution in [0.1, 0.15) is 25.1 Å². The van der Waals surface area contributed by atoms with Gasteiger partial charge in [0.05, 0.1) is 5.69 Å². The van der Waals surface area contributed by atoms with Crippen LogP contribution < -0.4 is 0 Å². The summed E-state index contributed by atoms with van der Waals surface area (Å²) in [6.45, 7) is 5.13. The summed E-state index contributed by atoms with van der Waals surface area (Å²) in [6, 6.07) is 8.82. The second-order valence-corrected chi connectivity index (χ2v) is 5.48. The number of aromatic nitrogens is 3. The third-order valence-electron chi connectivity index (χ3n) is 2.81. The highest BCUT2D eigenvalue weighted by molar-refractivity contribution is 7.99. The van der Waals surface area contributed by atoms with Gasteiger partial charge in [0.1, 0.15) is 0 Å². The molecule has 0 aliphatic heterocycles. The largest absolute Gasteiger partial charge is 0.253 e. The summed E-state index contributed by atoms with van der Waals surface area (Å²) in [5.74, 6) is 1.12. The van der Waals surface area contributed by atoms with Gasteiger partial charge in [0.25, 0.3) is 0 Å². The minimum Gasteiger partial charge on any atom is -0.253 e. The van der Waals surface area contributed by atoms with E-state index in [4.69, 9.17) is 0 Å². The summed E-state index contributed by atoms with van der Waals surface area (Å²) in [5.41, 5.74) is 2.44. The molecule has 1 aromatic heterocycles. The third kappa shape index (κ3) is 3.60. The van der Waals surface area contributed by atoms with Gasteiger partial charge in [0.15, 0.2) is 0 Å². The van der Waals surface area contributed by atoms with Crippen LogP contribution in [0.15, 0.2) is 35.4 Å². The summed E-state index contributed by atoms with van der Waals surface area (Å²) in [7, 11) is 0. The SMILES string of the molecule is CCSc1ccc(CCc2cn(CC)nn2)cc1. The maximum atomic E-state index is 4.16. The van der Waals surface area contributed by atoms with Gasteiger partial charge in [-0.3, -0.25) is 4.68 Å². The Hall–Kier alpha value is -1.29. The van der Waals surface area contributed by atoms with E-state index in [1.807, 2.05) is 22.6 Å². The summed E-state index contributed by atoms with van der Waals surface area (Å²) in [6.07, 6.45) is 4.01. The molecule has 0 fully saturated rings. The van der Waals surface area contributed by atoms with Crippen molar-refractivity contribution in [2.24, 2.45) is 0 Å². The number of benzene rings is 1. The Morgan fingerprint density at radius 3 is 2.50 bits per heavy atom. The molecule has 3 nitrogen and oxygen atoms in total. The molecule has 0 aliphatic rings. The van der Waals surface area contributed by atoms with Gasteiger partial charge >= 0.3 is 0 Å². The van der Waals surface area contributed by atoms with Gasteiger partial charge in [-0.05, 0) is 43.2 Å². The molecule has 0 atom stereocenters. The van der Waals surface area contributed by atoms with E-state index in [2.05, 4.69) is 48.4 Å². The molecular formula is C14H19N3S. The van der Waals surface area contributed by atoms with Crippen LogP contribution in [0.3, 0.4) is 0 Å². The number of rotatable bonds is 6. The van der Waals surface area contributed by atoms with E-state index in [0.29, 0.717) is 0 Å². The molecule has 0 unspecified atom stereocenters. The van der Waals surface area contributed by atoms with Crippen molar-refractivity contribution in [2.75, 3.05) is 5.75 Å². The lowest BCUT2D eigenvalue weighted by Gasteiger charge is -2.01. The van der Waals surface area contributed by atoms with Crippen molar-refractivity contribution in [1.29, 1.82) is 0 Å². The quantitative estimate of drug-likeness (QED) is 0.748. The Kier molecular flexibility index (Phi) is 4.81. The Labute approximate surface area is 113 Å². The molecule has 0 N–H and O–H groups in total. The first kappa shape index (κ1) is 13.1. The second-order valence-electron chi connectivity index (χ2n) is 4.14. The highest BCUT2D eigenvalue weighted by Crippen LogP contribution is 2.18. The van der Waals surface area contributed by atoms with Crippen molar-refractivity contribution in [1.82, 2.24) is 15.0 Å². The maximum absolute atomic E-state index is 4.16. The van der Waals surface area contributed by atoms with Gasteiger partial charge in [0.2, 0.25) is 0 Å². The molecule has 18 heavy (non-hydrogen) atoms.